The van der Waals surface area contributed by atoms with Crippen LogP contribution in [0.1, 0.15) is 11.1 Å². The number of fused-ring (bicyclic) bond motifs is 1. The van der Waals surface area contributed by atoms with Crippen LogP contribution < -0.4 is 10.5 Å². The van der Waals surface area contributed by atoms with Gasteiger partial charge in [-0.2, -0.15) is 4.98 Å². The second kappa shape index (κ2) is 4.81. The summed E-state index contributed by atoms with van der Waals surface area (Å²) in [6.45, 7) is 3.90. The van der Waals surface area contributed by atoms with Crippen LogP contribution in [-0.4, -0.2) is 9.97 Å². The van der Waals surface area contributed by atoms with Gasteiger partial charge < -0.3 is 10.5 Å². The third-order valence-corrected chi connectivity index (χ3v) is 3.23. The summed E-state index contributed by atoms with van der Waals surface area (Å²) in [5, 5.41) is 0.991. The van der Waals surface area contributed by atoms with Gasteiger partial charge in [-0.3, -0.25) is 0 Å². The fourth-order valence-electron chi connectivity index (χ4n) is 2.02. The Morgan fingerprint density at radius 3 is 2.70 bits per heavy atom. The summed E-state index contributed by atoms with van der Waals surface area (Å²) in [7, 11) is 0. The number of aryl methyl sites for hydroxylation is 2. The molecular formula is C16H15N3O. The van der Waals surface area contributed by atoms with E-state index < -0.39 is 0 Å². The maximum absolute atomic E-state index is 5.87. The fourth-order valence-corrected chi connectivity index (χ4v) is 2.02. The van der Waals surface area contributed by atoms with Gasteiger partial charge in [0, 0.05) is 17.3 Å². The Hall–Kier alpha value is -2.62. The van der Waals surface area contributed by atoms with E-state index in [1.807, 2.05) is 50.2 Å². The number of anilines is 1. The summed E-state index contributed by atoms with van der Waals surface area (Å²) in [5.41, 5.74) is 9.43. The minimum Gasteiger partial charge on any atom is -0.424 e. The SMILES string of the molecule is Cc1cc(Oc2ncc3ccccc3n2)c(C)cc1N. The van der Waals surface area contributed by atoms with E-state index in [1.165, 1.54) is 0 Å². The Labute approximate surface area is 117 Å². The first-order valence-electron chi connectivity index (χ1n) is 6.40. The average Bonchev–Trinajstić information content (AvgIpc) is 2.44. The van der Waals surface area contributed by atoms with Gasteiger partial charge in [-0.15, -0.1) is 0 Å². The van der Waals surface area contributed by atoms with E-state index in [4.69, 9.17) is 10.5 Å². The summed E-state index contributed by atoms with van der Waals surface area (Å²) in [5.74, 6) is 0.729. The lowest BCUT2D eigenvalue weighted by molar-refractivity contribution is 0.441. The molecule has 1 heterocycles. The number of ether oxygens (including phenoxy) is 1. The second-order valence-electron chi connectivity index (χ2n) is 4.79. The highest BCUT2D eigenvalue weighted by molar-refractivity contribution is 5.77. The van der Waals surface area contributed by atoms with Crippen molar-refractivity contribution in [2.24, 2.45) is 0 Å². The Kier molecular flexibility index (Phi) is 2.99. The third-order valence-electron chi connectivity index (χ3n) is 3.23. The molecule has 0 unspecified atom stereocenters. The molecule has 100 valence electrons. The molecule has 3 rings (SSSR count). The van der Waals surface area contributed by atoms with Crippen LogP contribution in [0.2, 0.25) is 0 Å². The van der Waals surface area contributed by atoms with Crippen molar-refractivity contribution in [1.29, 1.82) is 0 Å². The molecule has 20 heavy (non-hydrogen) atoms. The van der Waals surface area contributed by atoms with Crippen molar-refractivity contribution in [3.8, 4) is 11.8 Å². The highest BCUT2D eigenvalue weighted by Crippen LogP contribution is 2.27. The van der Waals surface area contributed by atoms with Gasteiger partial charge in [0.05, 0.1) is 5.52 Å². The molecule has 0 fully saturated rings. The van der Waals surface area contributed by atoms with Crippen molar-refractivity contribution in [2.45, 2.75) is 13.8 Å². The molecule has 2 aromatic carbocycles. The summed E-state index contributed by atoms with van der Waals surface area (Å²) in [4.78, 5) is 8.63. The van der Waals surface area contributed by atoms with Crippen molar-refractivity contribution in [2.75, 3.05) is 5.73 Å². The first kappa shape index (κ1) is 12.4. The Morgan fingerprint density at radius 2 is 1.85 bits per heavy atom. The molecule has 0 amide bonds. The molecule has 2 N–H and O–H groups in total. The molecule has 0 aliphatic rings. The van der Waals surface area contributed by atoms with Crippen LogP contribution in [0, 0.1) is 13.8 Å². The average molecular weight is 265 g/mol. The molecular weight excluding hydrogens is 250 g/mol. The number of para-hydroxylation sites is 1. The number of nitrogen functional groups attached to an aromatic ring is 1. The molecule has 4 heteroatoms. The van der Waals surface area contributed by atoms with E-state index in [9.17, 15) is 0 Å². The first-order chi connectivity index (χ1) is 9.63. The topological polar surface area (TPSA) is 61.0 Å². The standard InChI is InChI=1S/C16H15N3O/c1-10-8-15(11(2)7-13(10)17)20-16-18-9-12-5-3-4-6-14(12)19-16/h3-9H,17H2,1-2H3. The van der Waals surface area contributed by atoms with Gasteiger partial charge in [0.25, 0.3) is 0 Å². The van der Waals surface area contributed by atoms with Crippen molar-refractivity contribution in [3.63, 3.8) is 0 Å². The van der Waals surface area contributed by atoms with Crippen LogP contribution in [0.25, 0.3) is 10.9 Å². The lowest BCUT2D eigenvalue weighted by Crippen LogP contribution is -1.97. The van der Waals surface area contributed by atoms with Crippen LogP contribution >= 0.6 is 0 Å². The number of benzene rings is 2. The smallest absolute Gasteiger partial charge is 0.322 e. The van der Waals surface area contributed by atoms with Gasteiger partial charge >= 0.3 is 6.01 Å². The van der Waals surface area contributed by atoms with E-state index in [0.717, 1.165) is 33.5 Å². The van der Waals surface area contributed by atoms with Crippen LogP contribution in [0.3, 0.4) is 0 Å². The zero-order chi connectivity index (χ0) is 14.1. The van der Waals surface area contributed by atoms with Gasteiger partial charge in [0.1, 0.15) is 5.75 Å². The molecule has 0 saturated heterocycles. The monoisotopic (exact) mass is 265 g/mol. The van der Waals surface area contributed by atoms with E-state index in [0.29, 0.717) is 6.01 Å². The van der Waals surface area contributed by atoms with Crippen LogP contribution in [0.4, 0.5) is 5.69 Å². The molecule has 0 aliphatic carbocycles. The molecule has 0 bridgehead atoms. The van der Waals surface area contributed by atoms with Gasteiger partial charge in [0.15, 0.2) is 0 Å². The van der Waals surface area contributed by atoms with Crippen molar-refractivity contribution in [3.05, 3.63) is 53.7 Å². The highest BCUT2D eigenvalue weighted by Gasteiger charge is 2.07. The number of hydrogen-bond donors (Lipinski definition) is 1. The van der Waals surface area contributed by atoms with Crippen molar-refractivity contribution >= 4 is 16.6 Å². The van der Waals surface area contributed by atoms with E-state index >= 15 is 0 Å². The van der Waals surface area contributed by atoms with Gasteiger partial charge in [-0.25, -0.2) is 4.98 Å². The molecule has 0 radical (unpaired) electrons. The van der Waals surface area contributed by atoms with Gasteiger partial charge in [-0.1, -0.05) is 18.2 Å². The van der Waals surface area contributed by atoms with E-state index in [1.54, 1.807) is 6.20 Å². The number of rotatable bonds is 2. The largest absolute Gasteiger partial charge is 0.424 e. The summed E-state index contributed by atoms with van der Waals surface area (Å²) in [6, 6.07) is 11.9. The molecule has 1 aromatic heterocycles. The van der Waals surface area contributed by atoms with Crippen molar-refractivity contribution in [1.82, 2.24) is 9.97 Å². The minimum atomic E-state index is 0.343. The predicted molar refractivity (Wildman–Crippen MR) is 79.9 cm³/mol. The molecule has 3 aromatic rings. The number of hydrogen-bond acceptors (Lipinski definition) is 4. The lowest BCUT2D eigenvalue weighted by atomic mass is 10.1. The Bertz CT molecular complexity index is 784. The minimum absolute atomic E-state index is 0.343. The van der Waals surface area contributed by atoms with Crippen LogP contribution in [0.5, 0.6) is 11.8 Å². The molecule has 0 atom stereocenters. The van der Waals surface area contributed by atoms with Gasteiger partial charge in [0.2, 0.25) is 0 Å². The molecule has 0 spiro atoms. The Balaban J connectivity index is 1.99. The summed E-state index contributed by atoms with van der Waals surface area (Å²) < 4.78 is 5.78. The number of aromatic nitrogens is 2. The van der Waals surface area contributed by atoms with Crippen LogP contribution in [0.15, 0.2) is 42.6 Å². The zero-order valence-electron chi connectivity index (χ0n) is 11.4. The van der Waals surface area contributed by atoms with Crippen molar-refractivity contribution < 1.29 is 4.74 Å². The number of nitrogens with two attached hydrogens (primary N) is 1. The molecule has 0 aliphatic heterocycles. The highest BCUT2D eigenvalue weighted by atomic mass is 16.5. The maximum atomic E-state index is 5.87. The predicted octanol–water partition coefficient (Wildman–Crippen LogP) is 3.62. The maximum Gasteiger partial charge on any atom is 0.322 e. The fraction of sp³-hybridized carbons (Fsp3) is 0.125. The van der Waals surface area contributed by atoms with E-state index in [-0.39, 0.29) is 0 Å². The Morgan fingerprint density at radius 1 is 1.05 bits per heavy atom. The van der Waals surface area contributed by atoms with Gasteiger partial charge in [-0.05, 0) is 43.2 Å². The number of nitrogens with zero attached hydrogens (tertiary/aromatic N) is 2. The first-order valence-corrected chi connectivity index (χ1v) is 6.40. The quantitative estimate of drug-likeness (QED) is 0.719. The van der Waals surface area contributed by atoms with Crippen LogP contribution in [-0.2, 0) is 0 Å². The lowest BCUT2D eigenvalue weighted by Gasteiger charge is -2.10. The zero-order valence-corrected chi connectivity index (χ0v) is 11.4. The second-order valence-corrected chi connectivity index (χ2v) is 4.79. The van der Waals surface area contributed by atoms with E-state index in [2.05, 4.69) is 9.97 Å². The summed E-state index contributed by atoms with van der Waals surface area (Å²) >= 11 is 0. The third kappa shape index (κ3) is 2.28. The summed E-state index contributed by atoms with van der Waals surface area (Å²) in [6.07, 6.45) is 1.76. The molecule has 4 nitrogen and oxygen atoms in total. The molecule has 0 saturated carbocycles. The normalized spacial score (nSPS) is 10.7.